The van der Waals surface area contributed by atoms with Crippen LogP contribution >= 0.6 is 0 Å². The molecule has 0 aromatic heterocycles. The highest BCUT2D eigenvalue weighted by Gasteiger charge is 2.24. The Hall–Kier alpha value is -0.0400. The van der Waals surface area contributed by atoms with Crippen LogP contribution in [0, 0.1) is 11.3 Å². The van der Waals surface area contributed by atoms with Crippen LogP contribution in [0.15, 0.2) is 0 Å². The normalized spacial score (nSPS) is 21.0. The van der Waals surface area contributed by atoms with Crippen LogP contribution in [0.2, 0.25) is 0 Å². The zero-order chi connectivity index (χ0) is 9.19. The van der Waals surface area contributed by atoms with Crippen molar-refractivity contribution in [3.05, 3.63) is 0 Å². The molecule has 1 heteroatoms. The summed E-state index contributed by atoms with van der Waals surface area (Å²) in [6, 6.07) is 0. The van der Waals surface area contributed by atoms with Gasteiger partial charge < -0.3 is 5.11 Å². The fraction of sp³-hybridized carbons (Fsp3) is 1.00. The van der Waals surface area contributed by atoms with Crippen LogP contribution in [-0.2, 0) is 0 Å². The van der Waals surface area contributed by atoms with E-state index in [2.05, 4.69) is 20.8 Å². The topological polar surface area (TPSA) is 20.2 Å². The summed E-state index contributed by atoms with van der Waals surface area (Å²) in [4.78, 5) is 0. The molecule has 1 atom stereocenters. The first-order valence-electron chi connectivity index (χ1n) is 5.18. The van der Waals surface area contributed by atoms with Crippen LogP contribution in [0.1, 0.15) is 52.9 Å². The van der Waals surface area contributed by atoms with Gasteiger partial charge in [-0.3, -0.25) is 0 Å². The Kier molecular flexibility index (Phi) is 3.16. The molecular weight excluding hydrogens is 148 g/mol. The first kappa shape index (κ1) is 10.0. The molecule has 72 valence electrons. The highest BCUT2D eigenvalue weighted by atomic mass is 16.3. The van der Waals surface area contributed by atoms with Crippen molar-refractivity contribution in [3.63, 3.8) is 0 Å². The first-order chi connectivity index (χ1) is 5.50. The maximum atomic E-state index is 9.72. The van der Waals surface area contributed by atoms with Crippen molar-refractivity contribution in [2.24, 2.45) is 11.3 Å². The molecule has 0 aliphatic heterocycles. The summed E-state index contributed by atoms with van der Waals surface area (Å²) in [6.45, 7) is 6.32. The molecule has 1 N–H and O–H groups in total. The van der Waals surface area contributed by atoms with Crippen LogP contribution in [0.3, 0.4) is 0 Å². The van der Waals surface area contributed by atoms with Crippen LogP contribution < -0.4 is 0 Å². The second kappa shape index (κ2) is 3.78. The van der Waals surface area contributed by atoms with Crippen LogP contribution in [0.4, 0.5) is 0 Å². The van der Waals surface area contributed by atoms with Gasteiger partial charge in [0.1, 0.15) is 0 Å². The average Bonchev–Trinajstić information content (AvgIpc) is 2.69. The van der Waals surface area contributed by atoms with Crippen molar-refractivity contribution >= 4 is 0 Å². The van der Waals surface area contributed by atoms with Crippen molar-refractivity contribution in [2.75, 3.05) is 0 Å². The fourth-order valence-electron chi connectivity index (χ4n) is 1.44. The van der Waals surface area contributed by atoms with E-state index < -0.39 is 0 Å². The lowest BCUT2D eigenvalue weighted by atomic mass is 9.86. The molecule has 1 aliphatic rings. The van der Waals surface area contributed by atoms with Gasteiger partial charge in [-0.15, -0.1) is 0 Å². The van der Waals surface area contributed by atoms with Crippen molar-refractivity contribution in [3.8, 4) is 0 Å². The molecule has 1 saturated carbocycles. The molecule has 0 aromatic carbocycles. The van der Waals surface area contributed by atoms with E-state index in [4.69, 9.17) is 0 Å². The minimum absolute atomic E-state index is 0.0730. The van der Waals surface area contributed by atoms with E-state index in [0.29, 0.717) is 0 Å². The number of rotatable bonds is 4. The summed E-state index contributed by atoms with van der Waals surface area (Å²) in [5.74, 6) is 1.01. The summed E-state index contributed by atoms with van der Waals surface area (Å²) < 4.78 is 0. The number of hydrogen-bond acceptors (Lipinski definition) is 1. The Morgan fingerprint density at radius 3 is 2.33 bits per heavy atom. The second-order valence-electron chi connectivity index (χ2n) is 5.26. The van der Waals surface area contributed by atoms with E-state index in [9.17, 15) is 5.11 Å². The Labute approximate surface area is 76.2 Å². The molecule has 1 fully saturated rings. The minimum Gasteiger partial charge on any atom is -0.393 e. The van der Waals surface area contributed by atoms with Gasteiger partial charge in [-0.1, -0.05) is 46.5 Å². The van der Waals surface area contributed by atoms with Gasteiger partial charge in [0.25, 0.3) is 0 Å². The van der Waals surface area contributed by atoms with Gasteiger partial charge in [0.05, 0.1) is 6.10 Å². The minimum atomic E-state index is -0.115. The first-order valence-corrected chi connectivity index (χ1v) is 5.18. The largest absolute Gasteiger partial charge is 0.393 e. The predicted molar refractivity (Wildman–Crippen MR) is 52.0 cm³/mol. The van der Waals surface area contributed by atoms with E-state index >= 15 is 0 Å². The average molecular weight is 170 g/mol. The van der Waals surface area contributed by atoms with Gasteiger partial charge in [0, 0.05) is 0 Å². The molecule has 0 aromatic rings. The molecule has 12 heavy (non-hydrogen) atoms. The van der Waals surface area contributed by atoms with E-state index in [1.165, 1.54) is 25.7 Å². The van der Waals surface area contributed by atoms with E-state index in [-0.39, 0.29) is 11.5 Å². The molecular formula is C11H22O. The van der Waals surface area contributed by atoms with Gasteiger partial charge in [-0.2, -0.15) is 0 Å². The molecule has 1 unspecified atom stereocenters. The third-order valence-electron chi connectivity index (χ3n) is 2.79. The van der Waals surface area contributed by atoms with Crippen molar-refractivity contribution in [1.29, 1.82) is 0 Å². The van der Waals surface area contributed by atoms with E-state index in [1.54, 1.807) is 0 Å². The highest BCUT2D eigenvalue weighted by Crippen LogP contribution is 2.34. The summed E-state index contributed by atoms with van der Waals surface area (Å²) in [5.41, 5.74) is 0.0730. The fourth-order valence-corrected chi connectivity index (χ4v) is 1.44. The Bertz CT molecular complexity index is 130. The number of hydrogen-bond donors (Lipinski definition) is 1. The SMILES string of the molecule is CC(C)(C)C(O)CCCC1CC1. The van der Waals surface area contributed by atoms with Crippen LogP contribution in [0.25, 0.3) is 0 Å². The van der Waals surface area contributed by atoms with Crippen LogP contribution in [0.5, 0.6) is 0 Å². The third kappa shape index (κ3) is 3.57. The van der Waals surface area contributed by atoms with E-state index in [0.717, 1.165) is 12.3 Å². The number of aliphatic hydroxyl groups is 1. The molecule has 0 amide bonds. The summed E-state index contributed by atoms with van der Waals surface area (Å²) >= 11 is 0. The zero-order valence-electron chi connectivity index (χ0n) is 8.64. The molecule has 1 rings (SSSR count). The Balaban J connectivity index is 2.04. The molecule has 0 spiro atoms. The quantitative estimate of drug-likeness (QED) is 0.687. The lowest BCUT2D eigenvalue weighted by Gasteiger charge is -2.25. The van der Waals surface area contributed by atoms with Gasteiger partial charge in [0.15, 0.2) is 0 Å². The van der Waals surface area contributed by atoms with Crippen LogP contribution in [-0.4, -0.2) is 11.2 Å². The Morgan fingerprint density at radius 1 is 1.33 bits per heavy atom. The van der Waals surface area contributed by atoms with Gasteiger partial charge in [-0.25, -0.2) is 0 Å². The lowest BCUT2D eigenvalue weighted by Crippen LogP contribution is -2.25. The molecule has 0 heterocycles. The maximum Gasteiger partial charge on any atom is 0.0588 e. The number of aliphatic hydroxyl groups excluding tert-OH is 1. The summed E-state index contributed by atoms with van der Waals surface area (Å²) in [7, 11) is 0. The summed E-state index contributed by atoms with van der Waals surface area (Å²) in [5, 5.41) is 9.72. The summed E-state index contributed by atoms with van der Waals surface area (Å²) in [6.07, 6.45) is 6.30. The van der Waals surface area contributed by atoms with Crippen molar-refractivity contribution < 1.29 is 5.11 Å². The van der Waals surface area contributed by atoms with Crippen molar-refractivity contribution in [1.82, 2.24) is 0 Å². The molecule has 1 nitrogen and oxygen atoms in total. The van der Waals surface area contributed by atoms with E-state index in [1.807, 2.05) is 0 Å². The monoisotopic (exact) mass is 170 g/mol. The Morgan fingerprint density at radius 2 is 1.92 bits per heavy atom. The molecule has 1 aliphatic carbocycles. The third-order valence-corrected chi connectivity index (χ3v) is 2.79. The smallest absolute Gasteiger partial charge is 0.0588 e. The van der Waals surface area contributed by atoms with Gasteiger partial charge in [0.2, 0.25) is 0 Å². The lowest BCUT2D eigenvalue weighted by molar-refractivity contribution is 0.0532. The standard InChI is InChI=1S/C11H22O/c1-11(2,3)10(12)6-4-5-9-7-8-9/h9-10,12H,4-8H2,1-3H3. The highest BCUT2D eigenvalue weighted by molar-refractivity contribution is 4.76. The zero-order valence-corrected chi connectivity index (χ0v) is 8.64. The second-order valence-corrected chi connectivity index (χ2v) is 5.26. The van der Waals surface area contributed by atoms with Crippen molar-refractivity contribution in [2.45, 2.75) is 59.0 Å². The predicted octanol–water partition coefficient (Wildman–Crippen LogP) is 2.97. The molecule has 0 radical (unpaired) electrons. The van der Waals surface area contributed by atoms with Gasteiger partial charge in [-0.05, 0) is 17.8 Å². The maximum absolute atomic E-state index is 9.72. The van der Waals surface area contributed by atoms with Gasteiger partial charge >= 0.3 is 0 Å². The molecule has 0 bridgehead atoms. The molecule has 0 saturated heterocycles.